The van der Waals surface area contributed by atoms with Gasteiger partial charge >= 0.3 is 6.18 Å². The molecule has 0 aliphatic rings. The molecule has 4 nitrogen and oxygen atoms in total. The lowest BCUT2D eigenvalue weighted by atomic mass is 9.91. The molecule has 0 atom stereocenters. The quantitative estimate of drug-likeness (QED) is 0.868. The van der Waals surface area contributed by atoms with Gasteiger partial charge in [0.15, 0.2) is 5.75 Å². The van der Waals surface area contributed by atoms with Crippen LogP contribution in [-0.2, 0) is 15.4 Å². The van der Waals surface area contributed by atoms with Crippen molar-refractivity contribution in [1.82, 2.24) is 4.98 Å². The van der Waals surface area contributed by atoms with Gasteiger partial charge in [0, 0.05) is 28.6 Å². The zero-order valence-corrected chi connectivity index (χ0v) is 14.9. The molecule has 136 valence electrons. The molecule has 0 amide bonds. The fourth-order valence-electron chi connectivity index (χ4n) is 2.20. The Bertz CT molecular complexity index is 839. The predicted molar refractivity (Wildman–Crippen MR) is 91.8 cm³/mol. The van der Waals surface area contributed by atoms with E-state index in [2.05, 4.69) is 4.98 Å². The molecule has 1 heterocycles. The second-order valence-electron chi connectivity index (χ2n) is 6.74. The monoisotopic (exact) mass is 372 g/mol. The fourth-order valence-corrected chi connectivity index (χ4v) is 3.19. The predicted octanol–water partition coefficient (Wildman–Crippen LogP) is 4.35. The first kappa shape index (κ1) is 19.2. The van der Waals surface area contributed by atoms with E-state index in [1.54, 1.807) is 18.3 Å². The Labute approximate surface area is 145 Å². The highest BCUT2D eigenvalue weighted by molar-refractivity contribution is 7.92. The van der Waals surface area contributed by atoms with Gasteiger partial charge in [-0.3, -0.25) is 9.71 Å². The highest BCUT2D eigenvalue weighted by Gasteiger charge is 2.35. The Morgan fingerprint density at radius 2 is 1.72 bits per heavy atom. The van der Waals surface area contributed by atoms with Crippen molar-refractivity contribution in [3.8, 4) is 11.1 Å². The summed E-state index contributed by atoms with van der Waals surface area (Å²) in [7, 11) is -4.51. The van der Waals surface area contributed by atoms with Crippen molar-refractivity contribution in [3.05, 3.63) is 48.3 Å². The first-order valence-electron chi connectivity index (χ1n) is 7.50. The third-order valence-corrected chi connectivity index (χ3v) is 4.61. The molecule has 1 aromatic carbocycles. The van der Waals surface area contributed by atoms with Crippen LogP contribution in [0.3, 0.4) is 0 Å². The summed E-state index contributed by atoms with van der Waals surface area (Å²) < 4.78 is 62.0. The molecule has 0 bridgehead atoms. The summed E-state index contributed by atoms with van der Waals surface area (Å²) in [6.45, 7) is 6.10. The van der Waals surface area contributed by atoms with E-state index in [4.69, 9.17) is 0 Å². The number of alkyl halides is 3. The smallest absolute Gasteiger partial charge is 0.283 e. The van der Waals surface area contributed by atoms with Crippen molar-refractivity contribution in [2.75, 3.05) is 10.5 Å². The highest BCUT2D eigenvalue weighted by atomic mass is 32.2. The van der Waals surface area contributed by atoms with Crippen LogP contribution in [0.4, 0.5) is 18.9 Å². The number of hydrogen-bond acceptors (Lipinski definition) is 3. The van der Waals surface area contributed by atoms with E-state index in [0.717, 1.165) is 11.3 Å². The molecule has 0 fully saturated rings. The molecule has 2 rings (SSSR count). The number of nitrogens with zero attached hydrogens (tertiary/aromatic N) is 1. The van der Waals surface area contributed by atoms with E-state index in [1.165, 1.54) is 12.1 Å². The van der Waals surface area contributed by atoms with Crippen LogP contribution in [0.5, 0.6) is 0 Å². The maximum Gasteiger partial charge on any atom is 0.404 e. The summed E-state index contributed by atoms with van der Waals surface area (Å²) in [6.07, 6.45) is -3.14. The van der Waals surface area contributed by atoms with Gasteiger partial charge < -0.3 is 0 Å². The number of pyridine rings is 1. The molecule has 1 N–H and O–H groups in total. The van der Waals surface area contributed by atoms with Crippen LogP contribution in [0.25, 0.3) is 11.1 Å². The summed E-state index contributed by atoms with van der Waals surface area (Å²) in [5.74, 6) is -1.92. The summed E-state index contributed by atoms with van der Waals surface area (Å²) in [4.78, 5) is 4.39. The van der Waals surface area contributed by atoms with Crippen LogP contribution in [-0.4, -0.2) is 25.3 Å². The third kappa shape index (κ3) is 5.74. The van der Waals surface area contributed by atoms with Crippen molar-refractivity contribution >= 4 is 15.7 Å². The average molecular weight is 372 g/mol. The molecule has 2 aromatic rings. The van der Waals surface area contributed by atoms with Crippen molar-refractivity contribution in [2.24, 2.45) is 0 Å². The summed E-state index contributed by atoms with van der Waals surface area (Å²) in [5, 5.41) is 0. The Morgan fingerprint density at radius 1 is 1.04 bits per heavy atom. The molecule has 0 aliphatic carbocycles. The number of aromatic nitrogens is 1. The maximum absolute atomic E-state index is 12.3. The molecular formula is C17H19F3N2O2S. The molecule has 0 saturated heterocycles. The first-order chi connectivity index (χ1) is 11.4. The number of sulfonamides is 1. The number of anilines is 1. The average Bonchev–Trinajstić information content (AvgIpc) is 2.43. The van der Waals surface area contributed by atoms with Gasteiger partial charge in [-0.05, 0) is 23.8 Å². The lowest BCUT2D eigenvalue weighted by Gasteiger charge is -2.17. The minimum Gasteiger partial charge on any atom is -0.283 e. The van der Waals surface area contributed by atoms with Gasteiger partial charge in [0.1, 0.15) is 0 Å². The van der Waals surface area contributed by atoms with E-state index in [0.29, 0.717) is 5.56 Å². The van der Waals surface area contributed by atoms with Crippen LogP contribution < -0.4 is 4.72 Å². The molecule has 8 heteroatoms. The minimum atomic E-state index is -4.80. The second-order valence-corrected chi connectivity index (χ2v) is 8.46. The van der Waals surface area contributed by atoms with Gasteiger partial charge in [-0.1, -0.05) is 39.0 Å². The van der Waals surface area contributed by atoms with E-state index >= 15 is 0 Å². The van der Waals surface area contributed by atoms with Crippen LogP contribution in [0.2, 0.25) is 0 Å². The van der Waals surface area contributed by atoms with Crippen LogP contribution >= 0.6 is 0 Å². The molecule has 0 radical (unpaired) electrons. The molecular weight excluding hydrogens is 353 g/mol. The Kier molecular flexibility index (Phi) is 5.13. The SMILES string of the molecule is CC(C)(C)c1ccc(-c2cccc(NS(=O)(=O)CC(F)(F)F)c2)cn1. The summed E-state index contributed by atoms with van der Waals surface area (Å²) in [6, 6.07) is 9.89. The van der Waals surface area contributed by atoms with E-state index < -0.39 is 22.0 Å². The van der Waals surface area contributed by atoms with Gasteiger partial charge in [0.05, 0.1) is 0 Å². The number of hydrogen-bond donors (Lipinski definition) is 1. The molecule has 0 unspecified atom stereocenters. The van der Waals surface area contributed by atoms with Gasteiger partial charge in [-0.2, -0.15) is 13.2 Å². The van der Waals surface area contributed by atoms with Gasteiger partial charge in [-0.25, -0.2) is 8.42 Å². The van der Waals surface area contributed by atoms with Gasteiger partial charge in [0.2, 0.25) is 10.0 Å². The summed E-state index contributed by atoms with van der Waals surface area (Å²) >= 11 is 0. The number of rotatable bonds is 4. The number of halogens is 3. The van der Waals surface area contributed by atoms with E-state index in [1.807, 2.05) is 37.6 Å². The van der Waals surface area contributed by atoms with Crippen LogP contribution in [0.1, 0.15) is 26.5 Å². The van der Waals surface area contributed by atoms with Crippen LogP contribution in [0.15, 0.2) is 42.6 Å². The minimum absolute atomic E-state index is 0.0710. The second kappa shape index (κ2) is 6.67. The van der Waals surface area contributed by atoms with Gasteiger partial charge in [0.25, 0.3) is 0 Å². The summed E-state index contributed by atoms with van der Waals surface area (Å²) in [5.41, 5.74) is 2.26. The van der Waals surface area contributed by atoms with Crippen molar-refractivity contribution in [2.45, 2.75) is 32.4 Å². The highest BCUT2D eigenvalue weighted by Crippen LogP contribution is 2.26. The van der Waals surface area contributed by atoms with Gasteiger partial charge in [-0.15, -0.1) is 0 Å². The maximum atomic E-state index is 12.3. The normalized spacial score (nSPS) is 12.9. The lowest BCUT2D eigenvalue weighted by Crippen LogP contribution is -2.27. The van der Waals surface area contributed by atoms with E-state index in [9.17, 15) is 21.6 Å². The Hall–Kier alpha value is -2.09. The Balaban J connectivity index is 2.24. The van der Waals surface area contributed by atoms with E-state index in [-0.39, 0.29) is 11.1 Å². The van der Waals surface area contributed by atoms with Crippen molar-refractivity contribution in [3.63, 3.8) is 0 Å². The third-order valence-electron chi connectivity index (χ3n) is 3.35. The molecule has 1 aromatic heterocycles. The van der Waals surface area contributed by atoms with Crippen LogP contribution in [0, 0.1) is 0 Å². The lowest BCUT2D eigenvalue weighted by molar-refractivity contribution is -0.106. The Morgan fingerprint density at radius 3 is 2.24 bits per heavy atom. The number of nitrogens with one attached hydrogen (secondary N) is 1. The largest absolute Gasteiger partial charge is 0.404 e. The molecule has 0 aliphatic heterocycles. The fraction of sp³-hybridized carbons (Fsp3) is 0.353. The molecule has 25 heavy (non-hydrogen) atoms. The zero-order chi connectivity index (χ0) is 18.9. The van der Waals surface area contributed by atoms with Crippen molar-refractivity contribution < 1.29 is 21.6 Å². The standard InChI is InChI=1S/C17H19F3N2O2S/c1-16(2,3)15-8-7-13(10-21-15)12-5-4-6-14(9-12)22-25(23,24)11-17(18,19)20/h4-10,22H,11H2,1-3H3. The topological polar surface area (TPSA) is 59.1 Å². The first-order valence-corrected chi connectivity index (χ1v) is 9.15. The molecule has 0 saturated carbocycles. The van der Waals surface area contributed by atoms with Crippen molar-refractivity contribution in [1.29, 1.82) is 0 Å². The molecule has 0 spiro atoms. The number of benzene rings is 1. The zero-order valence-electron chi connectivity index (χ0n) is 14.1.